The molecule has 1 heterocycles. The van der Waals surface area contributed by atoms with Crippen LogP contribution in [0.25, 0.3) is 0 Å². The second kappa shape index (κ2) is 2.74. The van der Waals surface area contributed by atoms with Gasteiger partial charge in [0, 0.05) is 17.5 Å². The van der Waals surface area contributed by atoms with Crippen molar-refractivity contribution < 1.29 is 8.78 Å². The van der Waals surface area contributed by atoms with Gasteiger partial charge in [-0.1, -0.05) is 0 Å². The lowest BCUT2D eigenvalue weighted by Gasteiger charge is -2.06. The molecule has 0 radical (unpaired) electrons. The molecule has 1 nitrogen and oxygen atoms in total. The highest BCUT2D eigenvalue weighted by atomic mass is 35.5. The minimum Gasteiger partial charge on any atom is -0.262 e. The van der Waals surface area contributed by atoms with Gasteiger partial charge in [-0.15, -0.1) is 0 Å². The third kappa shape index (κ3) is 2.12. The molecular formula is C7H6ClF2N. The third-order valence-electron chi connectivity index (χ3n) is 1.22. The van der Waals surface area contributed by atoms with Crippen molar-refractivity contribution in [1.29, 1.82) is 0 Å². The van der Waals surface area contributed by atoms with Gasteiger partial charge in [-0.05, 0) is 30.7 Å². The topological polar surface area (TPSA) is 12.9 Å². The Hall–Kier alpha value is -0.700. The lowest BCUT2D eigenvalue weighted by atomic mass is 10.2. The summed E-state index contributed by atoms with van der Waals surface area (Å²) in [6, 6.07) is 2.45. The Morgan fingerprint density at radius 3 is 2.55 bits per heavy atom. The van der Waals surface area contributed by atoms with Gasteiger partial charge >= 0.3 is 5.38 Å². The van der Waals surface area contributed by atoms with Crippen molar-refractivity contribution in [3.8, 4) is 0 Å². The second-order valence-corrected chi connectivity index (χ2v) is 2.66. The first kappa shape index (κ1) is 8.40. The second-order valence-electron chi connectivity index (χ2n) is 2.18. The molecule has 0 N–H and O–H groups in total. The van der Waals surface area contributed by atoms with Crippen LogP contribution in [0.2, 0.25) is 0 Å². The van der Waals surface area contributed by atoms with Gasteiger partial charge in [0.15, 0.2) is 0 Å². The van der Waals surface area contributed by atoms with Crippen LogP contribution in [0.5, 0.6) is 0 Å². The van der Waals surface area contributed by atoms with Crippen LogP contribution in [-0.2, 0) is 5.38 Å². The number of hydrogen-bond acceptors (Lipinski definition) is 1. The molecule has 0 aliphatic heterocycles. The summed E-state index contributed by atoms with van der Waals surface area (Å²) in [7, 11) is 0. The zero-order chi connectivity index (χ0) is 8.48. The van der Waals surface area contributed by atoms with Crippen LogP contribution in [0, 0.1) is 6.92 Å². The minimum atomic E-state index is -3.28. The largest absolute Gasteiger partial charge is 0.348 e. The normalized spacial score (nSPS) is 11.6. The Kier molecular flexibility index (Phi) is 2.09. The van der Waals surface area contributed by atoms with Crippen molar-refractivity contribution in [2.45, 2.75) is 12.3 Å². The monoisotopic (exact) mass is 177 g/mol. The van der Waals surface area contributed by atoms with E-state index in [-0.39, 0.29) is 5.56 Å². The summed E-state index contributed by atoms with van der Waals surface area (Å²) in [5, 5.41) is -3.28. The van der Waals surface area contributed by atoms with Crippen molar-refractivity contribution in [3.05, 3.63) is 29.6 Å². The van der Waals surface area contributed by atoms with Gasteiger partial charge < -0.3 is 0 Å². The zero-order valence-corrected chi connectivity index (χ0v) is 6.57. The fourth-order valence-corrected chi connectivity index (χ4v) is 0.839. The van der Waals surface area contributed by atoms with Crippen LogP contribution in [0.15, 0.2) is 18.3 Å². The summed E-state index contributed by atoms with van der Waals surface area (Å²) in [5.74, 6) is 0. The third-order valence-corrected chi connectivity index (χ3v) is 1.44. The minimum absolute atomic E-state index is 0.216. The molecule has 0 bridgehead atoms. The molecule has 0 unspecified atom stereocenters. The van der Waals surface area contributed by atoms with E-state index < -0.39 is 5.38 Å². The number of pyridine rings is 1. The van der Waals surface area contributed by atoms with Crippen LogP contribution in [-0.4, -0.2) is 4.98 Å². The Balaban J connectivity index is 3.06. The molecule has 11 heavy (non-hydrogen) atoms. The van der Waals surface area contributed by atoms with Crippen LogP contribution < -0.4 is 0 Å². The molecule has 0 spiro atoms. The van der Waals surface area contributed by atoms with Crippen molar-refractivity contribution in [2.75, 3.05) is 0 Å². The van der Waals surface area contributed by atoms with E-state index in [0.29, 0.717) is 5.69 Å². The molecule has 1 aromatic heterocycles. The van der Waals surface area contributed by atoms with E-state index in [1.54, 1.807) is 6.92 Å². The SMILES string of the molecule is Cc1cc(C(F)(F)Cl)ccn1. The van der Waals surface area contributed by atoms with Crippen molar-refractivity contribution in [2.24, 2.45) is 0 Å². The summed E-state index contributed by atoms with van der Waals surface area (Å²) >= 11 is 4.77. The van der Waals surface area contributed by atoms with Gasteiger partial charge in [0.25, 0.3) is 0 Å². The molecule has 0 aromatic carbocycles. The Labute approximate surface area is 68.0 Å². The van der Waals surface area contributed by atoms with E-state index in [9.17, 15) is 8.78 Å². The summed E-state index contributed by atoms with van der Waals surface area (Å²) < 4.78 is 24.7. The summed E-state index contributed by atoms with van der Waals surface area (Å²) in [4.78, 5) is 3.76. The zero-order valence-electron chi connectivity index (χ0n) is 5.81. The Morgan fingerprint density at radius 2 is 2.18 bits per heavy atom. The van der Waals surface area contributed by atoms with Gasteiger partial charge in [-0.25, -0.2) is 0 Å². The van der Waals surface area contributed by atoms with Crippen molar-refractivity contribution >= 4 is 11.6 Å². The first-order chi connectivity index (χ1) is 5.00. The lowest BCUT2D eigenvalue weighted by Crippen LogP contribution is -2.03. The molecule has 0 aliphatic rings. The van der Waals surface area contributed by atoms with Crippen LogP contribution in [0.4, 0.5) is 8.78 Å². The molecule has 60 valence electrons. The average Bonchev–Trinajstić information content (AvgIpc) is 1.86. The fourth-order valence-electron chi connectivity index (χ4n) is 0.722. The lowest BCUT2D eigenvalue weighted by molar-refractivity contribution is 0.0949. The predicted octanol–water partition coefficient (Wildman–Crippen LogP) is 2.68. The fraction of sp³-hybridized carbons (Fsp3) is 0.286. The van der Waals surface area contributed by atoms with E-state index >= 15 is 0 Å². The summed E-state index contributed by atoms with van der Waals surface area (Å²) in [6.07, 6.45) is 1.31. The summed E-state index contributed by atoms with van der Waals surface area (Å²) in [6.45, 7) is 1.63. The smallest absolute Gasteiger partial charge is 0.262 e. The van der Waals surface area contributed by atoms with Gasteiger partial charge in [0.05, 0.1) is 0 Å². The maximum atomic E-state index is 12.4. The molecule has 0 aliphatic carbocycles. The van der Waals surface area contributed by atoms with Gasteiger partial charge in [-0.3, -0.25) is 4.98 Å². The quantitative estimate of drug-likeness (QED) is 0.601. The molecule has 1 rings (SSSR count). The number of aromatic nitrogens is 1. The molecule has 0 atom stereocenters. The molecule has 4 heteroatoms. The number of hydrogen-bond donors (Lipinski definition) is 0. The molecular weight excluding hydrogens is 172 g/mol. The van der Waals surface area contributed by atoms with Crippen LogP contribution in [0.1, 0.15) is 11.3 Å². The first-order valence-electron chi connectivity index (χ1n) is 3.00. The van der Waals surface area contributed by atoms with Gasteiger partial charge in [-0.2, -0.15) is 8.78 Å². The molecule has 0 saturated heterocycles. The van der Waals surface area contributed by atoms with E-state index in [4.69, 9.17) is 11.6 Å². The molecule has 0 amide bonds. The van der Waals surface area contributed by atoms with Crippen LogP contribution in [0.3, 0.4) is 0 Å². The molecule has 0 saturated carbocycles. The first-order valence-corrected chi connectivity index (χ1v) is 3.38. The number of aryl methyl sites for hydroxylation is 1. The number of rotatable bonds is 1. The molecule has 0 fully saturated rings. The number of alkyl halides is 3. The number of halogens is 3. The van der Waals surface area contributed by atoms with Gasteiger partial charge in [0.1, 0.15) is 0 Å². The average molecular weight is 178 g/mol. The van der Waals surface area contributed by atoms with Crippen molar-refractivity contribution in [1.82, 2.24) is 4.98 Å². The van der Waals surface area contributed by atoms with Crippen LogP contribution >= 0.6 is 11.6 Å². The van der Waals surface area contributed by atoms with E-state index in [1.807, 2.05) is 0 Å². The highest BCUT2D eigenvalue weighted by molar-refractivity contribution is 6.21. The highest BCUT2D eigenvalue weighted by Crippen LogP contribution is 2.31. The van der Waals surface area contributed by atoms with Crippen molar-refractivity contribution in [3.63, 3.8) is 0 Å². The van der Waals surface area contributed by atoms with Gasteiger partial charge in [0.2, 0.25) is 0 Å². The maximum absolute atomic E-state index is 12.4. The maximum Gasteiger partial charge on any atom is 0.348 e. The Morgan fingerprint density at radius 1 is 1.55 bits per heavy atom. The van der Waals surface area contributed by atoms with E-state index in [0.717, 1.165) is 0 Å². The summed E-state index contributed by atoms with van der Waals surface area (Å²) in [5.41, 5.74) is 0.314. The van der Waals surface area contributed by atoms with E-state index in [1.165, 1.54) is 18.3 Å². The predicted molar refractivity (Wildman–Crippen MR) is 38.7 cm³/mol. The Bertz CT molecular complexity index is 257. The van der Waals surface area contributed by atoms with E-state index in [2.05, 4.69) is 4.98 Å². The highest BCUT2D eigenvalue weighted by Gasteiger charge is 2.27. The molecule has 1 aromatic rings. The number of nitrogens with zero attached hydrogens (tertiary/aromatic N) is 1. The standard InChI is InChI=1S/C7H6ClF2N/c1-5-4-6(2-3-11-5)7(8,9)10/h2-4H,1H3.